The fourth-order valence-electron chi connectivity index (χ4n) is 4.63. The largest absolute Gasteiger partial charge is 0.320 e. The summed E-state index contributed by atoms with van der Waals surface area (Å²) in [6.07, 6.45) is 13.6. The summed E-state index contributed by atoms with van der Waals surface area (Å²) in [7, 11) is 0. The van der Waals surface area contributed by atoms with Gasteiger partial charge in [-0.2, -0.15) is 0 Å². The molecule has 1 saturated heterocycles. The van der Waals surface area contributed by atoms with Crippen molar-refractivity contribution < 1.29 is 4.79 Å². The minimum absolute atomic E-state index is 0.186. The van der Waals surface area contributed by atoms with Gasteiger partial charge in [0.15, 0.2) is 0 Å². The molecule has 134 valence electrons. The third-order valence-corrected chi connectivity index (χ3v) is 6.05. The Bertz CT molecular complexity index is 779. The van der Waals surface area contributed by atoms with Gasteiger partial charge in [0.2, 0.25) is 0 Å². The summed E-state index contributed by atoms with van der Waals surface area (Å²) in [5.74, 6) is 0.972. The monoisotopic (exact) mass is 349 g/mol. The highest BCUT2D eigenvalue weighted by atomic mass is 16.2. The maximum Gasteiger partial charge on any atom is 0.320 e. The van der Waals surface area contributed by atoms with Crippen LogP contribution in [0.3, 0.4) is 0 Å². The quantitative estimate of drug-likeness (QED) is 0.833. The van der Waals surface area contributed by atoms with E-state index in [-0.39, 0.29) is 18.0 Å². The van der Waals surface area contributed by atoms with Crippen LogP contribution in [-0.2, 0) is 6.54 Å². The molecule has 0 aromatic carbocycles. The molecule has 6 nitrogen and oxygen atoms in total. The van der Waals surface area contributed by atoms with Crippen molar-refractivity contribution in [2.24, 2.45) is 5.92 Å². The number of aromatic nitrogens is 3. The van der Waals surface area contributed by atoms with Crippen LogP contribution in [0.5, 0.6) is 0 Å². The molecule has 0 radical (unpaired) electrons. The highest BCUT2D eigenvalue weighted by molar-refractivity contribution is 5.78. The van der Waals surface area contributed by atoms with Crippen molar-refractivity contribution in [2.75, 3.05) is 6.54 Å². The fourth-order valence-corrected chi connectivity index (χ4v) is 4.63. The van der Waals surface area contributed by atoms with E-state index in [4.69, 9.17) is 0 Å². The van der Waals surface area contributed by atoms with Crippen molar-refractivity contribution in [2.45, 2.75) is 50.2 Å². The molecule has 0 N–H and O–H groups in total. The molecule has 26 heavy (non-hydrogen) atoms. The van der Waals surface area contributed by atoms with Crippen molar-refractivity contribution in [1.82, 2.24) is 24.8 Å². The third kappa shape index (κ3) is 2.73. The second-order valence-corrected chi connectivity index (χ2v) is 7.73. The molecule has 6 heteroatoms. The average molecular weight is 349 g/mol. The first-order valence-electron chi connectivity index (χ1n) is 9.53. The fraction of sp³-hybridized carbons (Fsp3) is 0.500. The summed E-state index contributed by atoms with van der Waals surface area (Å²) in [6, 6.07) is 4.68. The van der Waals surface area contributed by atoms with Crippen LogP contribution in [-0.4, -0.2) is 49.4 Å². The highest BCUT2D eigenvalue weighted by Gasteiger charge is 2.53. The van der Waals surface area contributed by atoms with Crippen LogP contribution in [0.1, 0.15) is 42.9 Å². The molecule has 3 fully saturated rings. The number of hydrogen-bond acceptors (Lipinski definition) is 4. The molecular formula is C20H23N5O. The van der Waals surface area contributed by atoms with E-state index in [0.29, 0.717) is 18.5 Å². The lowest BCUT2D eigenvalue weighted by atomic mass is 9.97. The van der Waals surface area contributed by atoms with Gasteiger partial charge in [-0.15, -0.1) is 0 Å². The van der Waals surface area contributed by atoms with Crippen molar-refractivity contribution in [3.8, 4) is 0 Å². The number of urea groups is 1. The van der Waals surface area contributed by atoms with Gasteiger partial charge in [0.25, 0.3) is 0 Å². The van der Waals surface area contributed by atoms with E-state index in [1.165, 1.54) is 12.8 Å². The first-order chi connectivity index (χ1) is 12.8. The first kappa shape index (κ1) is 15.7. The van der Waals surface area contributed by atoms with Gasteiger partial charge < -0.3 is 9.80 Å². The zero-order valence-corrected chi connectivity index (χ0v) is 14.7. The Hall–Kier alpha value is -2.50. The minimum atomic E-state index is 0.186. The van der Waals surface area contributed by atoms with E-state index in [1.54, 1.807) is 24.8 Å². The highest BCUT2D eigenvalue weighted by Crippen LogP contribution is 2.46. The van der Waals surface area contributed by atoms with Crippen LogP contribution < -0.4 is 0 Å². The van der Waals surface area contributed by atoms with E-state index in [1.807, 2.05) is 18.3 Å². The lowest BCUT2D eigenvalue weighted by Crippen LogP contribution is -2.37. The Morgan fingerprint density at radius 3 is 2.54 bits per heavy atom. The molecule has 3 heterocycles. The number of nitrogens with zero attached hydrogens (tertiary/aromatic N) is 5. The van der Waals surface area contributed by atoms with Gasteiger partial charge in [-0.1, -0.05) is 0 Å². The first-order valence-corrected chi connectivity index (χ1v) is 9.53. The van der Waals surface area contributed by atoms with Crippen LogP contribution in [0, 0.1) is 5.92 Å². The molecule has 0 spiro atoms. The van der Waals surface area contributed by atoms with Crippen molar-refractivity contribution >= 4 is 6.03 Å². The second-order valence-electron chi connectivity index (χ2n) is 7.73. The van der Waals surface area contributed by atoms with Crippen LogP contribution in [0.2, 0.25) is 0 Å². The van der Waals surface area contributed by atoms with Gasteiger partial charge in [-0.05, 0) is 49.3 Å². The molecule has 3 aliphatic rings. The van der Waals surface area contributed by atoms with Gasteiger partial charge in [0, 0.05) is 50.0 Å². The lowest BCUT2D eigenvalue weighted by molar-refractivity contribution is 0.175. The van der Waals surface area contributed by atoms with Gasteiger partial charge >= 0.3 is 6.03 Å². The Balaban J connectivity index is 1.47. The molecule has 2 saturated carbocycles. The molecule has 2 aliphatic carbocycles. The second kappa shape index (κ2) is 6.34. The molecule has 5 rings (SSSR count). The summed E-state index contributed by atoms with van der Waals surface area (Å²) in [6.45, 7) is 1.56. The Morgan fingerprint density at radius 2 is 1.81 bits per heavy atom. The predicted octanol–water partition coefficient (Wildman–Crippen LogP) is 2.83. The van der Waals surface area contributed by atoms with Gasteiger partial charge in [0.05, 0.1) is 17.8 Å². The van der Waals surface area contributed by atoms with E-state index in [9.17, 15) is 4.79 Å². The summed E-state index contributed by atoms with van der Waals surface area (Å²) < 4.78 is 0. The predicted molar refractivity (Wildman–Crippen MR) is 96.2 cm³/mol. The summed E-state index contributed by atoms with van der Waals surface area (Å²) in [5.41, 5.74) is 2.14. The molecule has 3 atom stereocenters. The molecular weight excluding hydrogens is 326 g/mol. The Kier molecular flexibility index (Phi) is 3.84. The van der Waals surface area contributed by atoms with E-state index < -0.39 is 0 Å². The van der Waals surface area contributed by atoms with E-state index >= 15 is 0 Å². The number of carbonyl (C=O) groups excluding carboxylic acids is 1. The number of carbonyl (C=O) groups is 1. The number of fused-ring (bicyclic) bond motifs is 1. The molecule has 2 amide bonds. The maximum absolute atomic E-state index is 13.3. The SMILES string of the molecule is O=C1N(Cc2ccncc2)[C@@H]2[C@H](c3cnccn3)CC[C@@H]2N1CC1CC1. The van der Waals surface area contributed by atoms with Crippen molar-refractivity contribution in [1.29, 1.82) is 0 Å². The molecule has 0 unspecified atom stereocenters. The topological polar surface area (TPSA) is 62.2 Å². The molecule has 1 aliphatic heterocycles. The number of rotatable bonds is 5. The van der Waals surface area contributed by atoms with Gasteiger partial charge in [-0.25, -0.2) is 4.79 Å². The van der Waals surface area contributed by atoms with Gasteiger partial charge in [0.1, 0.15) is 0 Å². The van der Waals surface area contributed by atoms with E-state index in [0.717, 1.165) is 30.6 Å². The molecule has 2 aromatic heterocycles. The summed E-state index contributed by atoms with van der Waals surface area (Å²) in [4.78, 5) is 30.4. The smallest absolute Gasteiger partial charge is 0.319 e. The number of hydrogen-bond donors (Lipinski definition) is 0. The third-order valence-electron chi connectivity index (χ3n) is 6.05. The summed E-state index contributed by atoms with van der Waals surface area (Å²) in [5, 5.41) is 0. The van der Waals surface area contributed by atoms with E-state index in [2.05, 4.69) is 24.8 Å². The standard InChI is InChI=1S/C20H23N5O/c26-20-24(12-14-1-2-14)18-4-3-16(17-11-22-9-10-23-17)19(18)25(20)13-15-5-7-21-8-6-15/h5-11,14,16,18-19H,1-4,12-13H2/t16-,18-,19+/m0/s1. The maximum atomic E-state index is 13.3. The molecule has 0 bridgehead atoms. The van der Waals surface area contributed by atoms with Crippen LogP contribution in [0.4, 0.5) is 4.79 Å². The average Bonchev–Trinajstić information content (AvgIpc) is 3.35. The normalized spacial score (nSPS) is 27.8. The minimum Gasteiger partial charge on any atom is -0.319 e. The van der Waals surface area contributed by atoms with Crippen LogP contribution in [0.25, 0.3) is 0 Å². The summed E-state index contributed by atoms with van der Waals surface area (Å²) >= 11 is 0. The Morgan fingerprint density at radius 1 is 0.962 bits per heavy atom. The van der Waals surface area contributed by atoms with Crippen LogP contribution >= 0.6 is 0 Å². The number of amides is 2. The van der Waals surface area contributed by atoms with Crippen molar-refractivity contribution in [3.63, 3.8) is 0 Å². The van der Waals surface area contributed by atoms with Crippen LogP contribution in [0.15, 0.2) is 43.1 Å². The Labute approximate surface area is 153 Å². The molecule has 2 aromatic rings. The lowest BCUT2D eigenvalue weighted by Gasteiger charge is -2.27. The number of pyridine rings is 1. The van der Waals surface area contributed by atoms with Gasteiger partial charge in [-0.3, -0.25) is 15.0 Å². The zero-order chi connectivity index (χ0) is 17.5. The van der Waals surface area contributed by atoms with Crippen molar-refractivity contribution in [3.05, 3.63) is 54.4 Å². The zero-order valence-electron chi connectivity index (χ0n) is 14.7.